The number of phenols is 1. The van der Waals surface area contributed by atoms with Crippen molar-refractivity contribution in [3.05, 3.63) is 57.6 Å². The van der Waals surface area contributed by atoms with E-state index in [1.807, 2.05) is 6.07 Å². The van der Waals surface area contributed by atoms with Crippen LogP contribution in [0.3, 0.4) is 0 Å². The number of rotatable bonds is 3. The summed E-state index contributed by atoms with van der Waals surface area (Å²) in [5, 5.41) is 29.1. The van der Waals surface area contributed by atoms with E-state index < -0.39 is 4.92 Å². The summed E-state index contributed by atoms with van der Waals surface area (Å²) in [5.74, 6) is 0.0281. The molecule has 23 heavy (non-hydrogen) atoms. The highest BCUT2D eigenvalue weighted by Gasteiger charge is 2.18. The predicted molar refractivity (Wildman–Crippen MR) is 88.8 cm³/mol. The van der Waals surface area contributed by atoms with Crippen LogP contribution in [-0.2, 0) is 5.41 Å². The predicted octanol–water partition coefficient (Wildman–Crippen LogP) is 5.32. The largest absolute Gasteiger partial charge is 0.505 e. The Morgan fingerprint density at radius 1 is 1.09 bits per heavy atom. The van der Waals surface area contributed by atoms with Gasteiger partial charge in [-0.1, -0.05) is 39.0 Å². The van der Waals surface area contributed by atoms with Crippen molar-refractivity contribution in [2.24, 2.45) is 10.2 Å². The second kappa shape index (κ2) is 6.16. The Kier molecular flexibility index (Phi) is 4.45. The van der Waals surface area contributed by atoms with Gasteiger partial charge in [-0.3, -0.25) is 10.1 Å². The van der Waals surface area contributed by atoms with Gasteiger partial charge in [0.1, 0.15) is 11.4 Å². The number of nitro benzene ring substituents is 1. The monoisotopic (exact) mass is 313 g/mol. The average Bonchev–Trinajstić information content (AvgIpc) is 2.47. The van der Waals surface area contributed by atoms with E-state index in [1.165, 1.54) is 12.1 Å². The molecule has 0 aliphatic heterocycles. The fraction of sp³-hybridized carbons (Fsp3) is 0.294. The number of para-hydroxylation sites is 1. The molecule has 0 spiro atoms. The molecule has 2 rings (SSSR count). The Bertz CT molecular complexity index is 777. The highest BCUT2D eigenvalue weighted by Crippen LogP contribution is 2.37. The zero-order chi connectivity index (χ0) is 17.2. The summed E-state index contributed by atoms with van der Waals surface area (Å²) in [4.78, 5) is 10.5. The third-order valence-corrected chi connectivity index (χ3v) is 3.49. The van der Waals surface area contributed by atoms with Crippen molar-refractivity contribution < 1.29 is 10.0 Å². The van der Waals surface area contributed by atoms with E-state index in [4.69, 9.17) is 0 Å². The third kappa shape index (κ3) is 3.71. The first-order chi connectivity index (χ1) is 10.7. The number of hydrogen-bond donors (Lipinski definition) is 1. The number of nitro groups is 1. The maximum absolute atomic E-state index is 11.0. The molecule has 0 fully saturated rings. The van der Waals surface area contributed by atoms with Gasteiger partial charge in [0.05, 0.1) is 4.92 Å². The van der Waals surface area contributed by atoms with E-state index in [1.54, 1.807) is 25.1 Å². The normalized spacial score (nSPS) is 11.8. The molecule has 0 aromatic heterocycles. The molecule has 0 bridgehead atoms. The molecule has 2 aromatic carbocycles. The van der Waals surface area contributed by atoms with Gasteiger partial charge < -0.3 is 5.11 Å². The molecule has 0 atom stereocenters. The van der Waals surface area contributed by atoms with Crippen LogP contribution in [0.15, 0.2) is 46.6 Å². The number of hydrogen-bond acceptors (Lipinski definition) is 5. The van der Waals surface area contributed by atoms with Gasteiger partial charge in [0.2, 0.25) is 0 Å². The molecule has 2 aromatic rings. The van der Waals surface area contributed by atoms with Crippen molar-refractivity contribution in [2.75, 3.05) is 0 Å². The molecule has 0 amide bonds. The van der Waals surface area contributed by atoms with Gasteiger partial charge in [0, 0.05) is 6.07 Å². The molecule has 0 aliphatic carbocycles. The second-order valence-electron chi connectivity index (χ2n) is 6.36. The van der Waals surface area contributed by atoms with Crippen LogP contribution < -0.4 is 0 Å². The molecule has 0 saturated carbocycles. The number of aromatic hydroxyl groups is 1. The SMILES string of the molecule is Cc1cc(C(C)(C)C)cc(/N=N/c2ccccc2[N+](=O)[O-])c1O. The van der Waals surface area contributed by atoms with Crippen molar-refractivity contribution >= 4 is 17.1 Å². The van der Waals surface area contributed by atoms with E-state index >= 15 is 0 Å². The smallest absolute Gasteiger partial charge is 0.296 e. The van der Waals surface area contributed by atoms with Crippen LogP contribution in [0.1, 0.15) is 31.9 Å². The lowest BCUT2D eigenvalue weighted by atomic mass is 9.86. The van der Waals surface area contributed by atoms with E-state index in [9.17, 15) is 15.2 Å². The fourth-order valence-corrected chi connectivity index (χ4v) is 2.08. The minimum absolute atomic E-state index is 0.0281. The van der Waals surface area contributed by atoms with E-state index in [0.29, 0.717) is 11.3 Å². The lowest BCUT2D eigenvalue weighted by Crippen LogP contribution is -2.11. The van der Waals surface area contributed by atoms with Gasteiger partial charge in [-0.05, 0) is 35.6 Å². The summed E-state index contributed by atoms with van der Waals surface area (Å²) in [7, 11) is 0. The first-order valence-corrected chi connectivity index (χ1v) is 7.19. The first kappa shape index (κ1) is 16.6. The van der Waals surface area contributed by atoms with Crippen LogP contribution in [0.25, 0.3) is 0 Å². The number of benzene rings is 2. The lowest BCUT2D eigenvalue weighted by molar-refractivity contribution is -0.384. The van der Waals surface area contributed by atoms with Crippen LogP contribution >= 0.6 is 0 Å². The van der Waals surface area contributed by atoms with Gasteiger partial charge in [0.15, 0.2) is 5.69 Å². The van der Waals surface area contributed by atoms with Crippen molar-refractivity contribution in [1.82, 2.24) is 0 Å². The molecular formula is C17H19N3O3. The second-order valence-corrected chi connectivity index (χ2v) is 6.36. The summed E-state index contributed by atoms with van der Waals surface area (Å²) in [6.45, 7) is 7.96. The first-order valence-electron chi connectivity index (χ1n) is 7.19. The van der Waals surface area contributed by atoms with Crippen molar-refractivity contribution in [2.45, 2.75) is 33.1 Å². The maximum Gasteiger partial charge on any atom is 0.296 e. The highest BCUT2D eigenvalue weighted by molar-refractivity contribution is 5.60. The summed E-state index contributed by atoms with van der Waals surface area (Å²) < 4.78 is 0. The van der Waals surface area contributed by atoms with E-state index in [-0.39, 0.29) is 22.5 Å². The van der Waals surface area contributed by atoms with Crippen LogP contribution in [0.2, 0.25) is 0 Å². The Morgan fingerprint density at radius 3 is 2.30 bits per heavy atom. The van der Waals surface area contributed by atoms with Gasteiger partial charge >= 0.3 is 0 Å². The van der Waals surface area contributed by atoms with Crippen LogP contribution in [0.5, 0.6) is 5.75 Å². The molecule has 0 heterocycles. The molecule has 1 N–H and O–H groups in total. The summed E-state index contributed by atoms with van der Waals surface area (Å²) in [6, 6.07) is 9.75. The Morgan fingerprint density at radius 2 is 1.70 bits per heavy atom. The fourth-order valence-electron chi connectivity index (χ4n) is 2.08. The van der Waals surface area contributed by atoms with Gasteiger partial charge in [-0.15, -0.1) is 10.2 Å². The Balaban J connectivity index is 2.48. The summed E-state index contributed by atoms with van der Waals surface area (Å²) in [5.41, 5.74) is 1.91. The molecule has 0 unspecified atom stereocenters. The topological polar surface area (TPSA) is 88.1 Å². The minimum atomic E-state index is -0.509. The van der Waals surface area contributed by atoms with Crippen molar-refractivity contribution in [3.63, 3.8) is 0 Å². The van der Waals surface area contributed by atoms with Crippen LogP contribution in [0, 0.1) is 17.0 Å². The molecule has 120 valence electrons. The Hall–Kier alpha value is -2.76. The zero-order valence-corrected chi connectivity index (χ0v) is 13.6. The molecule has 6 heteroatoms. The average molecular weight is 313 g/mol. The number of aryl methyl sites for hydroxylation is 1. The minimum Gasteiger partial charge on any atom is -0.505 e. The van der Waals surface area contributed by atoms with Crippen molar-refractivity contribution in [3.8, 4) is 5.75 Å². The molecule has 0 radical (unpaired) electrons. The van der Waals surface area contributed by atoms with Crippen LogP contribution in [0.4, 0.5) is 17.1 Å². The van der Waals surface area contributed by atoms with Gasteiger partial charge in [0.25, 0.3) is 5.69 Å². The number of phenolic OH excluding ortho intramolecular Hbond substituents is 1. The van der Waals surface area contributed by atoms with Gasteiger partial charge in [-0.2, -0.15) is 0 Å². The quantitative estimate of drug-likeness (QED) is 0.472. The molecule has 0 saturated heterocycles. The van der Waals surface area contributed by atoms with Crippen LogP contribution in [-0.4, -0.2) is 10.0 Å². The molecule has 6 nitrogen and oxygen atoms in total. The number of azo groups is 1. The standard InChI is InChI=1S/C17H19N3O3/c1-11-9-12(17(2,3)4)10-14(16(11)21)19-18-13-7-5-6-8-15(13)20(22)23/h5-10,21H,1-4H3/b19-18+. The summed E-state index contributed by atoms with van der Waals surface area (Å²) >= 11 is 0. The zero-order valence-electron chi connectivity index (χ0n) is 13.6. The number of nitrogens with zero attached hydrogens (tertiary/aromatic N) is 3. The third-order valence-electron chi connectivity index (χ3n) is 3.49. The maximum atomic E-state index is 11.0. The summed E-state index contributed by atoms with van der Waals surface area (Å²) in [6.07, 6.45) is 0. The van der Waals surface area contributed by atoms with Crippen molar-refractivity contribution in [1.29, 1.82) is 0 Å². The molecule has 0 aliphatic rings. The van der Waals surface area contributed by atoms with Gasteiger partial charge in [-0.25, -0.2) is 0 Å². The Labute approximate surface area is 134 Å². The van der Waals surface area contributed by atoms with E-state index in [0.717, 1.165) is 5.56 Å². The highest BCUT2D eigenvalue weighted by atomic mass is 16.6. The molecular weight excluding hydrogens is 294 g/mol. The lowest BCUT2D eigenvalue weighted by Gasteiger charge is -2.20. The van der Waals surface area contributed by atoms with E-state index in [2.05, 4.69) is 31.0 Å².